The second kappa shape index (κ2) is 8.75. The van der Waals surface area contributed by atoms with E-state index in [4.69, 9.17) is 5.11 Å². The van der Waals surface area contributed by atoms with Crippen molar-refractivity contribution in [2.75, 3.05) is 19.0 Å². The molecule has 0 saturated heterocycles. The number of hydrogen-bond donors (Lipinski definition) is 2. The molecule has 0 saturated carbocycles. The van der Waals surface area contributed by atoms with Gasteiger partial charge in [0.25, 0.3) is 0 Å². The van der Waals surface area contributed by atoms with Gasteiger partial charge in [-0.15, -0.1) is 0 Å². The standard InChI is InChI=1S/C21H19N5O3/c1-26(2)18-10-7-16(8-11-18)23-22-14-3-5-15(6-4-14)24-25-17-9-12-19(21(28)29)20(27)13-17/h3-13,27H,1-2H3,(H,28,29). The molecule has 0 fully saturated rings. The van der Waals surface area contributed by atoms with Crippen molar-refractivity contribution in [2.24, 2.45) is 20.5 Å². The van der Waals surface area contributed by atoms with E-state index in [-0.39, 0.29) is 11.3 Å². The summed E-state index contributed by atoms with van der Waals surface area (Å²) in [4.78, 5) is 12.9. The van der Waals surface area contributed by atoms with Gasteiger partial charge in [0, 0.05) is 25.8 Å². The first kappa shape index (κ1) is 19.7. The SMILES string of the molecule is CN(C)c1ccc(N=Nc2ccc(N=Nc3ccc(C(=O)O)c(O)c3)cc2)cc1. The predicted molar refractivity (Wildman–Crippen MR) is 111 cm³/mol. The van der Waals surface area contributed by atoms with Crippen LogP contribution >= 0.6 is 0 Å². The normalized spacial score (nSPS) is 11.2. The molecule has 2 N–H and O–H groups in total. The van der Waals surface area contributed by atoms with E-state index >= 15 is 0 Å². The van der Waals surface area contributed by atoms with Crippen LogP contribution in [-0.2, 0) is 0 Å². The maximum Gasteiger partial charge on any atom is 0.339 e. The maximum absolute atomic E-state index is 10.9. The molecule has 0 unspecified atom stereocenters. The molecule has 0 heterocycles. The molecule has 29 heavy (non-hydrogen) atoms. The lowest BCUT2D eigenvalue weighted by atomic mass is 10.2. The number of carboxylic acids is 1. The minimum absolute atomic E-state index is 0.185. The Kier molecular flexibility index (Phi) is 5.94. The molecule has 0 amide bonds. The zero-order valence-corrected chi connectivity index (χ0v) is 15.9. The van der Waals surface area contributed by atoms with E-state index in [1.54, 1.807) is 24.3 Å². The third-order valence-electron chi connectivity index (χ3n) is 3.99. The zero-order chi connectivity index (χ0) is 20.8. The van der Waals surface area contributed by atoms with Crippen LogP contribution < -0.4 is 4.90 Å². The van der Waals surface area contributed by atoms with Gasteiger partial charge in [-0.25, -0.2) is 4.79 Å². The van der Waals surface area contributed by atoms with Crippen molar-refractivity contribution >= 4 is 34.4 Å². The monoisotopic (exact) mass is 389 g/mol. The Morgan fingerprint density at radius 1 is 0.724 bits per heavy atom. The van der Waals surface area contributed by atoms with Crippen LogP contribution in [0.25, 0.3) is 0 Å². The van der Waals surface area contributed by atoms with E-state index < -0.39 is 5.97 Å². The average Bonchev–Trinajstić information content (AvgIpc) is 2.71. The minimum atomic E-state index is -1.20. The molecule has 0 aliphatic rings. The second-order valence-corrected chi connectivity index (χ2v) is 6.33. The van der Waals surface area contributed by atoms with E-state index in [9.17, 15) is 9.90 Å². The summed E-state index contributed by atoms with van der Waals surface area (Å²) in [7, 11) is 3.95. The van der Waals surface area contributed by atoms with Crippen molar-refractivity contribution in [1.29, 1.82) is 0 Å². The molecule has 0 radical (unpaired) electrons. The van der Waals surface area contributed by atoms with Crippen LogP contribution in [0.1, 0.15) is 10.4 Å². The van der Waals surface area contributed by atoms with Crippen LogP contribution in [-0.4, -0.2) is 30.3 Å². The number of carbonyl (C=O) groups is 1. The van der Waals surface area contributed by atoms with Crippen LogP contribution in [0.3, 0.4) is 0 Å². The number of aromatic hydroxyl groups is 1. The van der Waals surface area contributed by atoms with E-state index in [1.165, 1.54) is 18.2 Å². The molecule has 0 aromatic heterocycles. The summed E-state index contributed by atoms with van der Waals surface area (Å²) in [6, 6.07) is 18.7. The Labute approximate surface area is 167 Å². The number of carboxylic acid groups (broad SMARTS) is 1. The number of azo groups is 2. The average molecular weight is 389 g/mol. The molecule has 0 aliphatic heterocycles. The number of hydrogen-bond acceptors (Lipinski definition) is 7. The highest BCUT2D eigenvalue weighted by atomic mass is 16.4. The fourth-order valence-electron chi connectivity index (χ4n) is 2.40. The summed E-state index contributed by atoms with van der Waals surface area (Å²) in [6.07, 6.45) is 0. The Morgan fingerprint density at radius 3 is 1.55 bits per heavy atom. The lowest BCUT2D eigenvalue weighted by Crippen LogP contribution is -2.07. The van der Waals surface area contributed by atoms with Gasteiger partial charge in [0.2, 0.25) is 0 Å². The highest BCUT2D eigenvalue weighted by Crippen LogP contribution is 2.27. The van der Waals surface area contributed by atoms with Gasteiger partial charge in [0.15, 0.2) is 0 Å². The largest absolute Gasteiger partial charge is 0.507 e. The first-order valence-corrected chi connectivity index (χ1v) is 8.69. The van der Waals surface area contributed by atoms with Gasteiger partial charge in [-0.05, 0) is 60.7 Å². The summed E-state index contributed by atoms with van der Waals surface area (Å²) in [5.74, 6) is -1.56. The minimum Gasteiger partial charge on any atom is -0.507 e. The van der Waals surface area contributed by atoms with Gasteiger partial charge in [0.05, 0.1) is 22.7 Å². The molecule has 0 aliphatic carbocycles. The molecule has 0 spiro atoms. The van der Waals surface area contributed by atoms with Crippen molar-refractivity contribution in [3.05, 3.63) is 72.3 Å². The van der Waals surface area contributed by atoms with Gasteiger partial charge in [-0.1, -0.05) is 0 Å². The molecule has 8 heteroatoms. The molecular formula is C21H19N5O3. The summed E-state index contributed by atoms with van der Waals surface area (Å²) >= 11 is 0. The van der Waals surface area contributed by atoms with Crippen LogP contribution in [0.15, 0.2) is 87.2 Å². The van der Waals surface area contributed by atoms with Crippen molar-refractivity contribution in [1.82, 2.24) is 0 Å². The summed E-state index contributed by atoms with van der Waals surface area (Å²) in [5.41, 5.74) is 3.26. The summed E-state index contributed by atoms with van der Waals surface area (Å²) < 4.78 is 0. The van der Waals surface area contributed by atoms with Crippen molar-refractivity contribution in [3.63, 3.8) is 0 Å². The van der Waals surface area contributed by atoms with Crippen LogP contribution in [0.2, 0.25) is 0 Å². The molecule has 3 aromatic rings. The molecule has 0 atom stereocenters. The van der Waals surface area contributed by atoms with Crippen LogP contribution in [0, 0.1) is 0 Å². The topological polar surface area (TPSA) is 110 Å². The van der Waals surface area contributed by atoms with Crippen LogP contribution in [0.5, 0.6) is 5.75 Å². The maximum atomic E-state index is 10.9. The quantitative estimate of drug-likeness (QED) is 0.505. The van der Waals surface area contributed by atoms with Crippen molar-refractivity contribution in [3.8, 4) is 5.75 Å². The Bertz CT molecular complexity index is 1060. The summed E-state index contributed by atoms with van der Waals surface area (Å²) in [5, 5.41) is 35.1. The van der Waals surface area contributed by atoms with E-state index in [2.05, 4.69) is 20.5 Å². The molecular weight excluding hydrogens is 370 g/mol. The van der Waals surface area contributed by atoms with Crippen LogP contribution in [0.4, 0.5) is 28.4 Å². The molecule has 146 valence electrons. The first-order valence-electron chi connectivity index (χ1n) is 8.69. The third-order valence-corrected chi connectivity index (χ3v) is 3.99. The number of benzene rings is 3. The second-order valence-electron chi connectivity index (χ2n) is 6.33. The fraction of sp³-hybridized carbons (Fsp3) is 0.0952. The van der Waals surface area contributed by atoms with Gasteiger partial charge in [-0.2, -0.15) is 20.5 Å². The zero-order valence-electron chi connectivity index (χ0n) is 15.9. The third kappa shape index (κ3) is 5.23. The highest BCUT2D eigenvalue weighted by Gasteiger charge is 2.09. The highest BCUT2D eigenvalue weighted by molar-refractivity contribution is 5.91. The Balaban J connectivity index is 1.66. The fourth-order valence-corrected chi connectivity index (χ4v) is 2.40. The Hall–Kier alpha value is -4.07. The predicted octanol–water partition coefficient (Wildman–Crippen LogP) is 5.99. The van der Waals surface area contributed by atoms with E-state index in [0.29, 0.717) is 17.1 Å². The van der Waals surface area contributed by atoms with Gasteiger partial charge in [-0.3, -0.25) is 0 Å². The first-order chi connectivity index (χ1) is 13.9. The molecule has 3 aromatic carbocycles. The number of nitrogens with zero attached hydrogens (tertiary/aromatic N) is 5. The van der Waals surface area contributed by atoms with Crippen molar-refractivity contribution < 1.29 is 15.0 Å². The van der Waals surface area contributed by atoms with Gasteiger partial charge >= 0.3 is 5.97 Å². The van der Waals surface area contributed by atoms with E-state index in [0.717, 1.165) is 11.4 Å². The molecule has 3 rings (SSSR count). The summed E-state index contributed by atoms with van der Waals surface area (Å²) in [6.45, 7) is 0. The lowest BCUT2D eigenvalue weighted by molar-refractivity contribution is 0.0694. The van der Waals surface area contributed by atoms with Gasteiger partial charge in [0.1, 0.15) is 11.3 Å². The smallest absolute Gasteiger partial charge is 0.339 e. The number of anilines is 1. The number of phenols is 1. The van der Waals surface area contributed by atoms with Crippen molar-refractivity contribution in [2.45, 2.75) is 0 Å². The van der Waals surface area contributed by atoms with E-state index in [1.807, 2.05) is 43.3 Å². The lowest BCUT2D eigenvalue weighted by Gasteiger charge is -2.11. The molecule has 8 nitrogen and oxygen atoms in total. The number of aromatic carboxylic acids is 1. The molecule has 0 bridgehead atoms. The number of rotatable bonds is 6. The Morgan fingerprint density at radius 2 is 1.14 bits per heavy atom. The van der Waals surface area contributed by atoms with Gasteiger partial charge < -0.3 is 15.1 Å².